The third-order valence-corrected chi connectivity index (χ3v) is 5.63. The first-order chi connectivity index (χ1) is 12.2. The molecule has 0 aromatic heterocycles. The molecular formula is C18H19F3N2O2S. The molecule has 0 amide bonds. The lowest BCUT2D eigenvalue weighted by molar-refractivity contribution is -0.137. The van der Waals surface area contributed by atoms with E-state index in [1.54, 1.807) is 18.2 Å². The summed E-state index contributed by atoms with van der Waals surface area (Å²) in [5.74, 6) is 0. The van der Waals surface area contributed by atoms with Gasteiger partial charge in [-0.05, 0) is 61.8 Å². The van der Waals surface area contributed by atoms with Crippen molar-refractivity contribution in [2.45, 2.75) is 30.5 Å². The molecule has 1 saturated heterocycles. The first kappa shape index (κ1) is 18.7. The first-order valence-electron chi connectivity index (χ1n) is 8.25. The van der Waals surface area contributed by atoms with Crippen molar-refractivity contribution in [3.63, 3.8) is 0 Å². The molecule has 0 spiro atoms. The average molecular weight is 384 g/mol. The highest BCUT2D eigenvalue weighted by Crippen LogP contribution is 2.31. The van der Waals surface area contributed by atoms with E-state index in [9.17, 15) is 21.6 Å². The molecule has 0 aliphatic carbocycles. The van der Waals surface area contributed by atoms with Gasteiger partial charge in [-0.15, -0.1) is 0 Å². The largest absolute Gasteiger partial charge is 0.416 e. The predicted molar refractivity (Wildman–Crippen MR) is 93.2 cm³/mol. The molecule has 0 atom stereocenters. The zero-order chi connectivity index (χ0) is 18.8. The zero-order valence-electron chi connectivity index (χ0n) is 14.0. The monoisotopic (exact) mass is 384 g/mol. The van der Waals surface area contributed by atoms with Gasteiger partial charge in [0, 0.05) is 12.2 Å². The van der Waals surface area contributed by atoms with E-state index in [0.29, 0.717) is 11.8 Å². The van der Waals surface area contributed by atoms with Crippen LogP contribution in [-0.4, -0.2) is 26.4 Å². The summed E-state index contributed by atoms with van der Waals surface area (Å²) in [6, 6.07) is 10.6. The number of likely N-dealkylation sites (tertiary alicyclic amines) is 1. The second-order valence-corrected chi connectivity index (χ2v) is 8.00. The normalized spacial score (nSPS) is 16.0. The van der Waals surface area contributed by atoms with Gasteiger partial charge in [-0.2, -0.15) is 13.2 Å². The summed E-state index contributed by atoms with van der Waals surface area (Å²) in [5.41, 5.74) is 0.290. The molecule has 26 heavy (non-hydrogen) atoms. The van der Waals surface area contributed by atoms with Crippen LogP contribution in [0.1, 0.15) is 24.0 Å². The van der Waals surface area contributed by atoms with Gasteiger partial charge < -0.3 is 0 Å². The fourth-order valence-electron chi connectivity index (χ4n) is 2.99. The molecule has 0 radical (unpaired) electrons. The lowest BCUT2D eigenvalue weighted by Gasteiger charge is -2.16. The number of nitrogens with zero attached hydrogens (tertiary/aromatic N) is 1. The van der Waals surface area contributed by atoms with Gasteiger partial charge in [-0.1, -0.05) is 18.2 Å². The van der Waals surface area contributed by atoms with E-state index in [2.05, 4.69) is 9.62 Å². The number of halogens is 3. The SMILES string of the molecule is O=S(=O)(Nc1cccc(CN2CCCC2)c1)c1cccc(C(F)(F)F)c1. The molecule has 1 N–H and O–H groups in total. The summed E-state index contributed by atoms with van der Waals surface area (Å²) >= 11 is 0. The maximum Gasteiger partial charge on any atom is 0.416 e. The first-order valence-corrected chi connectivity index (χ1v) is 9.74. The molecule has 1 heterocycles. The van der Waals surface area contributed by atoms with Gasteiger partial charge >= 0.3 is 6.18 Å². The molecule has 8 heteroatoms. The van der Waals surface area contributed by atoms with Crippen molar-refractivity contribution in [2.24, 2.45) is 0 Å². The summed E-state index contributed by atoms with van der Waals surface area (Å²) in [6.07, 6.45) is -2.29. The lowest BCUT2D eigenvalue weighted by Crippen LogP contribution is -2.18. The Morgan fingerprint density at radius 2 is 1.69 bits per heavy atom. The van der Waals surface area contributed by atoms with Crippen molar-refractivity contribution in [1.29, 1.82) is 0 Å². The van der Waals surface area contributed by atoms with Crippen LogP contribution in [0.15, 0.2) is 53.4 Å². The van der Waals surface area contributed by atoms with Crippen molar-refractivity contribution in [3.05, 3.63) is 59.7 Å². The molecule has 1 aliphatic rings. The lowest BCUT2D eigenvalue weighted by atomic mass is 10.2. The Bertz CT molecular complexity index is 876. The standard InChI is InChI=1S/C18H19F3N2O2S/c19-18(20,21)15-6-4-8-17(12-15)26(24,25)22-16-7-3-5-14(11-16)13-23-9-1-2-10-23/h3-8,11-12,22H,1-2,9-10,13H2. The van der Waals surface area contributed by atoms with Gasteiger partial charge in [0.05, 0.1) is 10.5 Å². The van der Waals surface area contributed by atoms with Gasteiger partial charge in [-0.25, -0.2) is 8.42 Å². The van der Waals surface area contributed by atoms with E-state index in [1.807, 2.05) is 6.07 Å². The van der Waals surface area contributed by atoms with Crippen molar-refractivity contribution in [3.8, 4) is 0 Å². The number of rotatable bonds is 5. The molecule has 1 aliphatic heterocycles. The Morgan fingerprint density at radius 1 is 1.00 bits per heavy atom. The minimum absolute atomic E-state index is 0.333. The van der Waals surface area contributed by atoms with E-state index in [0.717, 1.165) is 56.2 Å². The molecule has 0 unspecified atom stereocenters. The van der Waals surface area contributed by atoms with Crippen molar-refractivity contribution in [2.75, 3.05) is 17.8 Å². The molecule has 2 aromatic rings. The summed E-state index contributed by atoms with van der Waals surface area (Å²) in [7, 11) is -4.10. The molecular weight excluding hydrogens is 365 g/mol. The Morgan fingerprint density at radius 3 is 2.38 bits per heavy atom. The van der Waals surface area contributed by atoms with E-state index in [4.69, 9.17) is 0 Å². The van der Waals surface area contributed by atoms with Crippen LogP contribution in [0.3, 0.4) is 0 Å². The molecule has 0 bridgehead atoms. The molecule has 3 rings (SSSR count). The average Bonchev–Trinajstić information content (AvgIpc) is 3.07. The summed E-state index contributed by atoms with van der Waals surface area (Å²) in [6.45, 7) is 2.75. The Kier molecular flexibility index (Phi) is 5.24. The second-order valence-electron chi connectivity index (χ2n) is 6.31. The summed E-state index contributed by atoms with van der Waals surface area (Å²) < 4.78 is 65.7. The second kappa shape index (κ2) is 7.28. The van der Waals surface area contributed by atoms with E-state index >= 15 is 0 Å². The number of anilines is 1. The van der Waals surface area contributed by atoms with Crippen molar-refractivity contribution >= 4 is 15.7 Å². The quantitative estimate of drug-likeness (QED) is 0.844. The number of alkyl halides is 3. The predicted octanol–water partition coefficient (Wildman–Crippen LogP) is 4.10. The van der Waals surface area contributed by atoms with Crippen LogP contribution in [0.2, 0.25) is 0 Å². The van der Waals surface area contributed by atoms with Crippen LogP contribution in [0.4, 0.5) is 18.9 Å². The maximum atomic E-state index is 12.8. The maximum absolute atomic E-state index is 12.8. The van der Waals surface area contributed by atoms with Gasteiger partial charge in [0.2, 0.25) is 0 Å². The van der Waals surface area contributed by atoms with Crippen molar-refractivity contribution in [1.82, 2.24) is 4.90 Å². The highest BCUT2D eigenvalue weighted by Gasteiger charge is 2.31. The fourth-order valence-corrected chi connectivity index (χ4v) is 4.08. The van der Waals surface area contributed by atoms with Crippen LogP contribution >= 0.6 is 0 Å². The zero-order valence-corrected chi connectivity index (χ0v) is 14.8. The van der Waals surface area contributed by atoms with Crippen LogP contribution in [0.25, 0.3) is 0 Å². The molecule has 1 fully saturated rings. The highest BCUT2D eigenvalue weighted by atomic mass is 32.2. The number of hydrogen-bond donors (Lipinski definition) is 1. The minimum Gasteiger partial charge on any atom is -0.299 e. The summed E-state index contributed by atoms with van der Waals surface area (Å²) in [4.78, 5) is 1.86. The Labute approximate surface area is 150 Å². The molecule has 4 nitrogen and oxygen atoms in total. The highest BCUT2D eigenvalue weighted by molar-refractivity contribution is 7.92. The molecule has 140 valence electrons. The number of nitrogens with one attached hydrogen (secondary N) is 1. The molecule has 2 aromatic carbocycles. The Hall–Kier alpha value is -2.06. The Balaban J connectivity index is 1.79. The topological polar surface area (TPSA) is 49.4 Å². The van der Waals surface area contributed by atoms with Crippen LogP contribution in [0.5, 0.6) is 0 Å². The van der Waals surface area contributed by atoms with Crippen LogP contribution in [-0.2, 0) is 22.7 Å². The van der Waals surface area contributed by atoms with Gasteiger partial charge in [-0.3, -0.25) is 9.62 Å². The number of hydrogen-bond acceptors (Lipinski definition) is 3. The fraction of sp³-hybridized carbons (Fsp3) is 0.333. The third kappa shape index (κ3) is 4.56. The number of sulfonamides is 1. The van der Waals surface area contributed by atoms with E-state index < -0.39 is 26.7 Å². The van der Waals surface area contributed by atoms with Crippen molar-refractivity contribution < 1.29 is 21.6 Å². The molecule has 0 saturated carbocycles. The van der Waals surface area contributed by atoms with Crippen LogP contribution in [0, 0.1) is 0 Å². The van der Waals surface area contributed by atoms with E-state index in [1.165, 1.54) is 0 Å². The van der Waals surface area contributed by atoms with Gasteiger partial charge in [0.1, 0.15) is 0 Å². The van der Waals surface area contributed by atoms with E-state index in [-0.39, 0.29) is 0 Å². The summed E-state index contributed by atoms with van der Waals surface area (Å²) in [5, 5.41) is 0. The van der Waals surface area contributed by atoms with Gasteiger partial charge in [0.25, 0.3) is 10.0 Å². The minimum atomic E-state index is -4.60. The third-order valence-electron chi connectivity index (χ3n) is 4.26. The van der Waals surface area contributed by atoms with Gasteiger partial charge in [0.15, 0.2) is 0 Å². The van der Waals surface area contributed by atoms with Crippen LogP contribution < -0.4 is 4.72 Å². The smallest absolute Gasteiger partial charge is 0.299 e. The number of benzene rings is 2.